The van der Waals surface area contributed by atoms with Gasteiger partial charge in [-0.05, 0) is 122 Å². The van der Waals surface area contributed by atoms with Crippen LogP contribution in [0.1, 0.15) is 110 Å². The lowest BCUT2D eigenvalue weighted by molar-refractivity contribution is -0.139. The number of nitrogens with one attached hydrogen (secondary N) is 3. The Kier molecular flexibility index (Phi) is 34.5. The molecule has 1 saturated carbocycles. The number of hydrogen-bond donors (Lipinski definition) is 11. The van der Waals surface area contributed by atoms with E-state index in [-0.39, 0.29) is 25.2 Å². The molecule has 0 aliphatic heterocycles. The molecule has 0 saturated heterocycles. The number of rotatable bonds is 24. The van der Waals surface area contributed by atoms with Crippen LogP contribution in [-0.4, -0.2) is 125 Å². The smallest absolute Gasteiger partial charge is 0.408 e. The molecule has 0 aromatic heterocycles. The highest BCUT2D eigenvalue weighted by Gasteiger charge is 2.19. The molecule has 15 N–H and O–H groups in total. The highest BCUT2D eigenvalue weighted by atomic mass is 16.6. The number of azide groups is 1. The number of unbranched alkanes of at least 4 members (excludes halogenated alkanes) is 3. The first kappa shape index (κ1) is 61.7. The molecule has 0 radical (unpaired) electrons. The average molecular weight is 939 g/mol. The van der Waals surface area contributed by atoms with Gasteiger partial charge in [0.25, 0.3) is 0 Å². The molecule has 4 atom stereocenters. The molecule has 1 aliphatic rings. The van der Waals surface area contributed by atoms with Crippen LogP contribution in [0, 0.1) is 12.3 Å². The van der Waals surface area contributed by atoms with E-state index in [1.54, 1.807) is 45.0 Å². The number of benzene rings is 1. The summed E-state index contributed by atoms with van der Waals surface area (Å²) in [7, 11) is 0. The van der Waals surface area contributed by atoms with Crippen LogP contribution in [0.3, 0.4) is 0 Å². The number of nitrogens with two attached hydrogens (primary N) is 4. The normalized spacial score (nSPS) is 13.4. The Labute approximate surface area is 384 Å². The van der Waals surface area contributed by atoms with Crippen molar-refractivity contribution in [2.75, 3.05) is 26.2 Å². The number of ether oxygens (including phenoxy) is 3. The summed E-state index contributed by atoms with van der Waals surface area (Å²) in [5, 5.41) is 45.3. The van der Waals surface area contributed by atoms with E-state index < -0.39 is 65.8 Å². The van der Waals surface area contributed by atoms with Gasteiger partial charge in [-0.2, -0.15) is 0 Å². The lowest BCUT2D eigenvalue weighted by atomic mass is 10.1. The minimum atomic E-state index is -1.03. The van der Waals surface area contributed by atoms with Crippen molar-refractivity contribution >= 4 is 47.8 Å². The van der Waals surface area contributed by atoms with Gasteiger partial charge >= 0.3 is 42.2 Å². The van der Waals surface area contributed by atoms with Gasteiger partial charge in [0, 0.05) is 30.2 Å². The Morgan fingerprint density at radius 1 is 0.712 bits per heavy atom. The van der Waals surface area contributed by atoms with Crippen LogP contribution in [0.5, 0.6) is 0 Å². The van der Waals surface area contributed by atoms with Gasteiger partial charge in [0.2, 0.25) is 0 Å². The van der Waals surface area contributed by atoms with Crippen molar-refractivity contribution in [3.8, 4) is 12.3 Å². The quantitative estimate of drug-likeness (QED) is 0.0175. The first-order chi connectivity index (χ1) is 31.0. The maximum absolute atomic E-state index is 11.4. The number of alkyl carbamates (subject to hydrolysis) is 3. The molecule has 24 nitrogen and oxygen atoms in total. The number of carbonyl (C=O) groups excluding carboxylic acids is 3. The minimum Gasteiger partial charge on any atom is -0.480 e. The van der Waals surface area contributed by atoms with Gasteiger partial charge in [-0.1, -0.05) is 35.3 Å². The molecule has 0 unspecified atom stereocenters. The van der Waals surface area contributed by atoms with Gasteiger partial charge in [0.05, 0.1) is 0 Å². The Bertz CT molecular complexity index is 1690. The molecule has 0 spiro atoms. The zero-order valence-corrected chi connectivity index (χ0v) is 38.0. The van der Waals surface area contributed by atoms with Crippen LogP contribution in [0.15, 0.2) is 29.4 Å². The molecule has 66 heavy (non-hydrogen) atoms. The molecule has 2 rings (SSSR count). The van der Waals surface area contributed by atoms with Crippen molar-refractivity contribution < 1.29 is 68.2 Å². The molecular formula is C42H70N10O14. The van der Waals surface area contributed by atoms with Crippen LogP contribution >= 0.6 is 0 Å². The van der Waals surface area contributed by atoms with Gasteiger partial charge in [-0.25, -0.2) is 14.4 Å². The minimum absolute atomic E-state index is 0.0598. The van der Waals surface area contributed by atoms with Crippen molar-refractivity contribution in [1.29, 1.82) is 0 Å². The molecule has 1 aromatic rings. The summed E-state index contributed by atoms with van der Waals surface area (Å²) >= 11 is 0. The summed E-state index contributed by atoms with van der Waals surface area (Å²) in [5.74, 6) is -1.86. The Hall–Kier alpha value is -6.38. The van der Waals surface area contributed by atoms with E-state index in [1.807, 2.05) is 0 Å². The molecule has 372 valence electrons. The first-order valence-corrected chi connectivity index (χ1v) is 21.4. The van der Waals surface area contributed by atoms with Crippen LogP contribution in [0.25, 0.3) is 10.4 Å². The van der Waals surface area contributed by atoms with Crippen molar-refractivity contribution in [1.82, 2.24) is 16.0 Å². The number of carboxylic acids is 4. The van der Waals surface area contributed by atoms with Crippen molar-refractivity contribution in [2.45, 2.75) is 147 Å². The highest BCUT2D eigenvalue weighted by molar-refractivity contribution is 5.74. The van der Waals surface area contributed by atoms with Crippen molar-refractivity contribution in [2.24, 2.45) is 28.0 Å². The lowest BCUT2D eigenvalue weighted by Crippen LogP contribution is -2.33. The summed E-state index contributed by atoms with van der Waals surface area (Å²) in [6.45, 7) is 6.68. The fourth-order valence-corrected chi connectivity index (χ4v) is 5.17. The molecule has 3 amide bonds. The van der Waals surface area contributed by atoms with E-state index in [2.05, 4.69) is 36.6 Å². The van der Waals surface area contributed by atoms with Crippen LogP contribution in [0.2, 0.25) is 0 Å². The topological polar surface area (TPSA) is 417 Å². The molecule has 1 fully saturated rings. The number of terminal acetylenes is 1. The summed E-state index contributed by atoms with van der Waals surface area (Å²) < 4.78 is 14.8. The van der Waals surface area contributed by atoms with Crippen LogP contribution in [0.4, 0.5) is 20.1 Å². The SMILES string of the molecule is C#CCOC(=O)NCCCC[C@H](N)C(=O)O.CC(C)(C)OC(=O)NCCCC[C@H](N)C(=O)O.N[C@@H](CCCCNC(=O)OC1CCCC1)C(=O)O.[N-]=[N+]=Nc1ccc(C[C@H](N)C(=O)O)cc1. The molecule has 0 bridgehead atoms. The number of carbonyl (C=O) groups is 7. The zero-order chi connectivity index (χ0) is 50.5. The third-order valence-corrected chi connectivity index (χ3v) is 8.72. The Morgan fingerprint density at radius 3 is 1.50 bits per heavy atom. The van der Waals surface area contributed by atoms with Gasteiger partial charge in [0.15, 0.2) is 6.61 Å². The second-order valence-corrected chi connectivity index (χ2v) is 15.7. The van der Waals surface area contributed by atoms with Crippen molar-refractivity contribution in [3.63, 3.8) is 0 Å². The van der Waals surface area contributed by atoms with E-state index in [0.717, 1.165) is 31.2 Å². The van der Waals surface area contributed by atoms with Gasteiger partial charge in [0.1, 0.15) is 35.9 Å². The van der Waals surface area contributed by atoms with E-state index in [1.165, 1.54) is 0 Å². The number of carboxylic acid groups (broad SMARTS) is 4. The van der Waals surface area contributed by atoms with E-state index >= 15 is 0 Å². The van der Waals surface area contributed by atoms with E-state index in [0.29, 0.717) is 83.1 Å². The van der Waals surface area contributed by atoms with E-state index in [4.69, 9.17) is 64.8 Å². The Morgan fingerprint density at radius 2 is 1.12 bits per heavy atom. The molecule has 0 heterocycles. The monoisotopic (exact) mass is 939 g/mol. The number of amides is 3. The maximum Gasteiger partial charge on any atom is 0.408 e. The maximum atomic E-state index is 11.4. The van der Waals surface area contributed by atoms with Gasteiger partial charge < -0.3 is 73.5 Å². The number of nitrogens with zero attached hydrogens (tertiary/aromatic N) is 3. The van der Waals surface area contributed by atoms with Crippen LogP contribution in [-0.2, 0) is 39.8 Å². The molecular weight excluding hydrogens is 869 g/mol. The standard InChI is InChI=1S/C12H22N2O4.C11H22N2O4.C10H16N2O4.C9H10N4O2/c13-10(11(15)16)7-3-4-8-14-12(17)18-9-5-1-2-6-9;1-11(2,3)17-10(16)13-7-5-4-6-8(12)9(14)15;1-2-7-16-10(15)12-6-4-3-5-8(11)9(13)14;10-8(9(14)15)5-6-1-3-7(4-2-6)12-13-11/h9-10H,1-8,13H2,(H,14,17)(H,15,16);8H,4-7,12H2,1-3H3,(H,13,16)(H,14,15);1,8H,3-7,11H2,(H,12,15)(H,13,14);1-4,8H,5,10H2,(H,14,15)/t10-;3*8-/m0000/s1. The predicted molar refractivity (Wildman–Crippen MR) is 242 cm³/mol. The summed E-state index contributed by atoms with van der Waals surface area (Å²) in [4.78, 5) is 77.8. The first-order valence-electron chi connectivity index (χ1n) is 21.4. The fraction of sp³-hybridized carbons (Fsp3) is 0.643. The number of hydrogen-bond acceptors (Lipinski definition) is 15. The lowest BCUT2D eigenvalue weighted by Gasteiger charge is -2.19. The zero-order valence-electron chi connectivity index (χ0n) is 38.0. The average Bonchev–Trinajstić information content (AvgIpc) is 3.76. The Balaban J connectivity index is 0. The van der Waals surface area contributed by atoms with Crippen molar-refractivity contribution in [3.05, 3.63) is 40.3 Å². The molecule has 24 heteroatoms. The van der Waals surface area contributed by atoms with Crippen LogP contribution < -0.4 is 38.9 Å². The third-order valence-electron chi connectivity index (χ3n) is 8.72. The van der Waals surface area contributed by atoms with Gasteiger partial charge in [-0.15, -0.1) is 6.42 Å². The fourth-order valence-electron chi connectivity index (χ4n) is 5.17. The third kappa shape index (κ3) is 37.0. The highest BCUT2D eigenvalue weighted by Crippen LogP contribution is 2.21. The van der Waals surface area contributed by atoms with Gasteiger partial charge in [-0.3, -0.25) is 19.2 Å². The molecule has 1 aliphatic carbocycles. The molecule has 1 aromatic carbocycles. The second kappa shape index (κ2) is 36.9. The summed E-state index contributed by atoms with van der Waals surface area (Å²) in [5.41, 5.74) is 30.3. The largest absolute Gasteiger partial charge is 0.480 e. The summed E-state index contributed by atoms with van der Waals surface area (Å²) in [6.07, 6.45) is 13.2. The van der Waals surface area contributed by atoms with E-state index in [9.17, 15) is 33.6 Å². The second-order valence-electron chi connectivity index (χ2n) is 15.7. The number of aliphatic carboxylic acids is 4. The summed E-state index contributed by atoms with van der Waals surface area (Å²) in [6, 6.07) is 3.23. The predicted octanol–water partition coefficient (Wildman–Crippen LogP) is 3.84.